The van der Waals surface area contributed by atoms with Crippen molar-refractivity contribution in [1.29, 1.82) is 0 Å². The molecule has 10 heteroatoms. The topological polar surface area (TPSA) is 97.3 Å². The molecule has 0 radical (unpaired) electrons. The van der Waals surface area contributed by atoms with Crippen molar-refractivity contribution in [2.24, 2.45) is 5.10 Å². The highest BCUT2D eigenvalue weighted by molar-refractivity contribution is 9.10. The van der Waals surface area contributed by atoms with Gasteiger partial charge in [-0.1, -0.05) is 46.3 Å². The van der Waals surface area contributed by atoms with E-state index < -0.39 is 22.5 Å². The number of hydrogen-bond acceptors (Lipinski definition) is 6. The molecule has 200 valence electrons. The molecule has 0 saturated heterocycles. The Morgan fingerprint density at radius 1 is 0.897 bits per heavy atom. The molecule has 0 aliphatic carbocycles. The molecule has 0 aromatic heterocycles. The fourth-order valence-electron chi connectivity index (χ4n) is 3.55. The highest BCUT2D eigenvalue weighted by Crippen LogP contribution is 2.27. The van der Waals surface area contributed by atoms with Crippen molar-refractivity contribution in [3.8, 4) is 17.2 Å². The average molecular weight is 609 g/mol. The predicted octanol–water partition coefficient (Wildman–Crippen LogP) is 5.99. The van der Waals surface area contributed by atoms with E-state index in [9.17, 15) is 13.2 Å². The Hall–Kier alpha value is -4.15. The maximum atomic E-state index is 13.5. The largest absolute Gasteiger partial charge is 0.494 e. The molecule has 0 aliphatic heterocycles. The summed E-state index contributed by atoms with van der Waals surface area (Å²) in [5.41, 5.74) is 3.42. The van der Waals surface area contributed by atoms with Gasteiger partial charge in [-0.15, -0.1) is 0 Å². The van der Waals surface area contributed by atoms with Crippen LogP contribution in [0.2, 0.25) is 0 Å². The van der Waals surface area contributed by atoms with E-state index in [2.05, 4.69) is 26.5 Å². The first-order chi connectivity index (χ1) is 18.8. The summed E-state index contributed by atoms with van der Waals surface area (Å²) in [6.07, 6.45) is 1.46. The van der Waals surface area contributed by atoms with Gasteiger partial charge >= 0.3 is 0 Å². The van der Waals surface area contributed by atoms with E-state index in [0.29, 0.717) is 35.1 Å². The van der Waals surface area contributed by atoms with Crippen LogP contribution in [-0.4, -0.2) is 33.7 Å². The van der Waals surface area contributed by atoms with E-state index in [1.54, 1.807) is 54.6 Å². The van der Waals surface area contributed by atoms with Crippen LogP contribution >= 0.6 is 15.9 Å². The average Bonchev–Trinajstić information content (AvgIpc) is 2.93. The van der Waals surface area contributed by atoms with Gasteiger partial charge in [0, 0.05) is 4.47 Å². The number of amides is 1. The molecule has 0 atom stereocenters. The Labute approximate surface area is 236 Å². The molecule has 0 spiro atoms. The van der Waals surface area contributed by atoms with Gasteiger partial charge in [0.15, 0.2) is 0 Å². The van der Waals surface area contributed by atoms with E-state index >= 15 is 0 Å². The predicted molar refractivity (Wildman–Crippen MR) is 155 cm³/mol. The monoisotopic (exact) mass is 607 g/mol. The number of sulfonamides is 1. The van der Waals surface area contributed by atoms with Gasteiger partial charge in [-0.25, -0.2) is 13.8 Å². The van der Waals surface area contributed by atoms with Gasteiger partial charge in [0.25, 0.3) is 15.9 Å². The van der Waals surface area contributed by atoms with E-state index in [-0.39, 0.29) is 4.90 Å². The molecule has 39 heavy (non-hydrogen) atoms. The number of hydrazone groups is 1. The van der Waals surface area contributed by atoms with Crippen LogP contribution in [0.4, 0.5) is 5.69 Å². The van der Waals surface area contributed by atoms with Gasteiger partial charge in [0.05, 0.1) is 23.4 Å². The third-order valence-electron chi connectivity index (χ3n) is 5.36. The minimum Gasteiger partial charge on any atom is -0.494 e. The van der Waals surface area contributed by atoms with Gasteiger partial charge < -0.3 is 9.47 Å². The van der Waals surface area contributed by atoms with Gasteiger partial charge in [0.2, 0.25) is 0 Å². The molecule has 0 saturated carbocycles. The maximum Gasteiger partial charge on any atom is 0.264 e. The summed E-state index contributed by atoms with van der Waals surface area (Å²) in [5.74, 6) is 1.28. The van der Waals surface area contributed by atoms with E-state index in [1.807, 2.05) is 43.3 Å². The molecular formula is C29H26BrN3O5S. The molecule has 4 aromatic carbocycles. The van der Waals surface area contributed by atoms with Gasteiger partial charge in [-0.2, -0.15) is 5.10 Å². The van der Waals surface area contributed by atoms with Gasteiger partial charge in [0.1, 0.15) is 23.8 Å². The molecular weight excluding hydrogens is 582 g/mol. The number of ether oxygens (including phenoxy) is 2. The first kappa shape index (κ1) is 27.9. The zero-order valence-electron chi connectivity index (χ0n) is 21.0. The summed E-state index contributed by atoms with van der Waals surface area (Å²) >= 11 is 3.32. The van der Waals surface area contributed by atoms with Crippen molar-refractivity contribution >= 4 is 43.8 Å². The first-order valence-electron chi connectivity index (χ1n) is 12.0. The minimum atomic E-state index is -4.06. The zero-order chi connectivity index (χ0) is 27.7. The molecule has 4 rings (SSSR count). The highest BCUT2D eigenvalue weighted by Gasteiger charge is 2.27. The molecule has 4 aromatic rings. The second-order valence-corrected chi connectivity index (χ2v) is 11.0. The summed E-state index contributed by atoms with van der Waals surface area (Å²) in [6, 6.07) is 29.2. The summed E-state index contributed by atoms with van der Waals surface area (Å²) in [5, 5.41) is 4.01. The van der Waals surface area contributed by atoms with Crippen LogP contribution in [0.15, 0.2) is 118 Å². The van der Waals surface area contributed by atoms with Crippen molar-refractivity contribution in [2.45, 2.75) is 11.8 Å². The Morgan fingerprint density at radius 3 is 2.28 bits per heavy atom. The maximum absolute atomic E-state index is 13.5. The van der Waals surface area contributed by atoms with E-state index in [1.165, 1.54) is 18.3 Å². The third kappa shape index (κ3) is 7.68. The van der Waals surface area contributed by atoms with E-state index in [0.717, 1.165) is 8.78 Å². The standard InChI is InChI=1S/C29H26BrN3O5S/c1-2-37-25-15-13-24(14-16-25)33(39(35,36)28-17-11-23(30)12-18-28)21-29(34)32-31-20-22-7-6-10-27(19-22)38-26-8-4-3-5-9-26/h3-20H,2,21H2,1H3,(H,32,34)/b31-20-. The van der Waals surface area contributed by atoms with Crippen LogP contribution in [0.3, 0.4) is 0 Å². The molecule has 1 N–H and O–H groups in total. The summed E-state index contributed by atoms with van der Waals surface area (Å²) in [7, 11) is -4.06. The third-order valence-corrected chi connectivity index (χ3v) is 7.68. The lowest BCUT2D eigenvalue weighted by Gasteiger charge is -2.24. The number of anilines is 1. The molecule has 0 unspecified atom stereocenters. The lowest BCUT2D eigenvalue weighted by atomic mass is 10.2. The Bertz CT molecular complexity index is 1530. The number of carbonyl (C=O) groups excluding carboxylic acids is 1. The van der Waals surface area contributed by atoms with E-state index in [4.69, 9.17) is 9.47 Å². The van der Waals surface area contributed by atoms with Crippen molar-refractivity contribution in [1.82, 2.24) is 5.43 Å². The van der Waals surface area contributed by atoms with Crippen molar-refractivity contribution in [2.75, 3.05) is 17.5 Å². The fraction of sp³-hybridized carbons (Fsp3) is 0.103. The van der Waals surface area contributed by atoms with Crippen molar-refractivity contribution < 1.29 is 22.7 Å². The van der Waals surface area contributed by atoms with Crippen molar-refractivity contribution in [3.63, 3.8) is 0 Å². The zero-order valence-corrected chi connectivity index (χ0v) is 23.4. The molecule has 0 heterocycles. The molecule has 1 amide bonds. The number of halogens is 1. The highest BCUT2D eigenvalue weighted by atomic mass is 79.9. The quantitative estimate of drug-likeness (QED) is 0.167. The van der Waals surface area contributed by atoms with Crippen LogP contribution < -0.4 is 19.2 Å². The molecule has 0 fully saturated rings. The van der Waals surface area contributed by atoms with Gasteiger partial charge in [-0.05, 0) is 85.3 Å². The van der Waals surface area contributed by atoms with Crippen LogP contribution in [0.25, 0.3) is 0 Å². The number of nitrogens with one attached hydrogen (secondary N) is 1. The number of rotatable bonds is 11. The first-order valence-corrected chi connectivity index (χ1v) is 14.2. The van der Waals surface area contributed by atoms with Crippen LogP contribution in [0.5, 0.6) is 17.2 Å². The van der Waals surface area contributed by atoms with Crippen LogP contribution in [-0.2, 0) is 14.8 Å². The summed E-state index contributed by atoms with van der Waals surface area (Å²) in [6.45, 7) is 1.85. The number of benzene rings is 4. The lowest BCUT2D eigenvalue weighted by molar-refractivity contribution is -0.119. The van der Waals surface area contributed by atoms with Crippen LogP contribution in [0, 0.1) is 0 Å². The number of nitrogens with zero attached hydrogens (tertiary/aromatic N) is 2. The minimum absolute atomic E-state index is 0.0473. The number of hydrogen-bond donors (Lipinski definition) is 1. The van der Waals surface area contributed by atoms with Crippen LogP contribution in [0.1, 0.15) is 12.5 Å². The Kier molecular flexibility index (Phi) is 9.35. The summed E-state index contributed by atoms with van der Waals surface area (Å²) < 4.78 is 40.1. The number of para-hydroxylation sites is 1. The van der Waals surface area contributed by atoms with Gasteiger partial charge in [-0.3, -0.25) is 9.10 Å². The second kappa shape index (κ2) is 13.1. The Morgan fingerprint density at radius 2 is 1.59 bits per heavy atom. The number of carbonyl (C=O) groups is 1. The smallest absolute Gasteiger partial charge is 0.264 e. The molecule has 0 aliphatic rings. The summed E-state index contributed by atoms with van der Waals surface area (Å²) in [4.78, 5) is 12.9. The SMILES string of the molecule is CCOc1ccc(N(CC(=O)N/N=C\c2cccc(Oc3ccccc3)c2)S(=O)(=O)c2ccc(Br)cc2)cc1. The normalized spacial score (nSPS) is 11.2. The lowest BCUT2D eigenvalue weighted by Crippen LogP contribution is -2.39. The molecule has 8 nitrogen and oxygen atoms in total. The van der Waals surface area contributed by atoms with Crippen molar-refractivity contribution in [3.05, 3.63) is 113 Å². The Balaban J connectivity index is 1.49. The molecule has 0 bridgehead atoms. The second-order valence-electron chi connectivity index (χ2n) is 8.17. The fourth-order valence-corrected chi connectivity index (χ4v) is 5.24.